The second-order valence-corrected chi connectivity index (χ2v) is 5.95. The van der Waals surface area contributed by atoms with E-state index in [4.69, 9.17) is 0 Å². The van der Waals surface area contributed by atoms with Crippen LogP contribution in [-0.4, -0.2) is 43.9 Å². The Morgan fingerprint density at radius 2 is 2.13 bits per heavy atom. The topological polar surface area (TPSA) is 54.2 Å². The minimum Gasteiger partial charge on any atom is -0.387 e. The number of likely N-dealkylation sites (tertiary alicyclic amines) is 1. The van der Waals surface area contributed by atoms with Crippen LogP contribution in [0.25, 0.3) is 0 Å². The van der Waals surface area contributed by atoms with Gasteiger partial charge in [0, 0.05) is 12.6 Å². The second kappa shape index (κ2) is 7.14. The molecule has 2 aromatic rings. The van der Waals surface area contributed by atoms with Crippen molar-refractivity contribution < 1.29 is 13.9 Å². The van der Waals surface area contributed by atoms with Crippen molar-refractivity contribution in [1.29, 1.82) is 0 Å². The molecule has 3 rings (SSSR count). The van der Waals surface area contributed by atoms with Crippen LogP contribution in [0.5, 0.6) is 0 Å². The Morgan fingerprint density at radius 3 is 2.87 bits per heavy atom. The molecule has 2 heterocycles. The Bertz CT molecular complexity index is 635. The molecule has 7 heteroatoms. The van der Waals surface area contributed by atoms with Crippen LogP contribution in [0.2, 0.25) is 0 Å². The van der Waals surface area contributed by atoms with E-state index >= 15 is 0 Å². The number of β-amino-alcohol motifs (C(OH)–C–C–N with tert-alkyl or cyclic N) is 1. The number of hydrogen-bond donors (Lipinski definition) is 1. The molecule has 5 nitrogen and oxygen atoms in total. The maximum atomic E-state index is 13.3. The Balaban J connectivity index is 1.67. The van der Waals surface area contributed by atoms with Gasteiger partial charge in [-0.15, -0.1) is 0 Å². The maximum absolute atomic E-state index is 13.3. The molecule has 1 aliphatic rings. The minimum absolute atomic E-state index is 0.255. The van der Waals surface area contributed by atoms with Crippen LogP contribution in [0.15, 0.2) is 30.9 Å². The van der Waals surface area contributed by atoms with Crippen molar-refractivity contribution in [1.82, 2.24) is 19.7 Å². The first-order valence-electron chi connectivity index (χ1n) is 7.83. The first kappa shape index (κ1) is 16.0. The predicted octanol–water partition coefficient (Wildman–Crippen LogP) is 2.14. The van der Waals surface area contributed by atoms with E-state index in [1.807, 2.05) is 0 Å². The van der Waals surface area contributed by atoms with E-state index in [-0.39, 0.29) is 6.04 Å². The number of hydrogen-bond acceptors (Lipinski definition) is 4. The zero-order valence-corrected chi connectivity index (χ0v) is 12.8. The molecule has 1 N–H and O–H groups in total. The molecule has 1 aromatic carbocycles. The molecule has 2 atom stereocenters. The molecule has 0 unspecified atom stereocenters. The summed E-state index contributed by atoms with van der Waals surface area (Å²) in [6.45, 7) is 1.98. The lowest BCUT2D eigenvalue weighted by Gasteiger charge is -2.36. The molecule has 0 spiro atoms. The highest BCUT2D eigenvalue weighted by atomic mass is 19.2. The molecule has 1 fully saturated rings. The van der Waals surface area contributed by atoms with Crippen molar-refractivity contribution in [2.75, 3.05) is 13.1 Å². The zero-order valence-electron chi connectivity index (χ0n) is 12.8. The van der Waals surface area contributed by atoms with Crippen LogP contribution in [0, 0.1) is 11.6 Å². The zero-order chi connectivity index (χ0) is 16.2. The van der Waals surface area contributed by atoms with Crippen molar-refractivity contribution >= 4 is 0 Å². The highest BCUT2D eigenvalue weighted by Gasteiger charge is 2.25. The molecular weight excluding hydrogens is 302 g/mol. The molecular formula is C16H20F2N4O. The first-order chi connectivity index (χ1) is 11.1. The van der Waals surface area contributed by atoms with Gasteiger partial charge in [0.05, 0.1) is 12.6 Å². The van der Waals surface area contributed by atoms with E-state index < -0.39 is 17.7 Å². The number of aromatic nitrogens is 3. The summed E-state index contributed by atoms with van der Waals surface area (Å²) in [5.41, 5.74) is 0.397. The highest BCUT2D eigenvalue weighted by Crippen LogP contribution is 2.23. The number of halogens is 2. The van der Waals surface area contributed by atoms with Gasteiger partial charge in [-0.25, -0.2) is 13.8 Å². The fourth-order valence-corrected chi connectivity index (χ4v) is 3.10. The van der Waals surface area contributed by atoms with Crippen LogP contribution >= 0.6 is 0 Å². The SMILES string of the molecule is O[C@H](CN1CCCC[C@@H]1Cn1cncn1)c1ccc(F)c(F)c1. The minimum atomic E-state index is -0.931. The third-order valence-electron chi connectivity index (χ3n) is 4.35. The molecule has 1 aromatic heterocycles. The molecule has 1 aliphatic heterocycles. The molecule has 1 saturated heterocycles. The Hall–Kier alpha value is -1.86. The number of piperidine rings is 1. The summed E-state index contributed by atoms with van der Waals surface area (Å²) in [6.07, 6.45) is 5.56. The van der Waals surface area contributed by atoms with Gasteiger partial charge in [-0.2, -0.15) is 5.10 Å². The molecule has 0 radical (unpaired) electrons. The summed E-state index contributed by atoms with van der Waals surface area (Å²) >= 11 is 0. The third kappa shape index (κ3) is 3.92. The number of rotatable bonds is 5. The summed E-state index contributed by atoms with van der Waals surface area (Å²) in [5.74, 6) is -1.83. The number of aliphatic hydroxyl groups is 1. The van der Waals surface area contributed by atoms with Gasteiger partial charge in [-0.05, 0) is 37.1 Å². The van der Waals surface area contributed by atoms with Crippen LogP contribution in [0.3, 0.4) is 0 Å². The number of nitrogens with zero attached hydrogens (tertiary/aromatic N) is 4. The van der Waals surface area contributed by atoms with Gasteiger partial charge in [0.1, 0.15) is 12.7 Å². The Kier molecular flexibility index (Phi) is 4.97. The van der Waals surface area contributed by atoms with Gasteiger partial charge < -0.3 is 5.11 Å². The van der Waals surface area contributed by atoms with E-state index in [0.29, 0.717) is 18.7 Å². The lowest BCUT2D eigenvalue weighted by Crippen LogP contribution is -2.44. The average Bonchev–Trinajstić information content (AvgIpc) is 3.05. The average molecular weight is 322 g/mol. The summed E-state index contributed by atoms with van der Waals surface area (Å²) in [7, 11) is 0. The van der Waals surface area contributed by atoms with Gasteiger partial charge >= 0.3 is 0 Å². The summed E-state index contributed by atoms with van der Waals surface area (Å²) in [4.78, 5) is 6.14. The highest BCUT2D eigenvalue weighted by molar-refractivity contribution is 5.20. The maximum Gasteiger partial charge on any atom is 0.159 e. The van der Waals surface area contributed by atoms with Crippen LogP contribution in [0.1, 0.15) is 30.9 Å². The van der Waals surface area contributed by atoms with Gasteiger partial charge in [0.15, 0.2) is 11.6 Å². The normalized spacial score (nSPS) is 20.6. The molecule has 124 valence electrons. The predicted molar refractivity (Wildman–Crippen MR) is 80.6 cm³/mol. The summed E-state index contributed by atoms with van der Waals surface area (Å²) in [5, 5.41) is 14.5. The van der Waals surface area contributed by atoms with Crippen molar-refractivity contribution in [2.45, 2.75) is 38.0 Å². The molecule has 0 saturated carbocycles. The molecule has 0 amide bonds. The van der Waals surface area contributed by atoms with Crippen molar-refractivity contribution in [3.63, 3.8) is 0 Å². The van der Waals surface area contributed by atoms with Crippen molar-refractivity contribution in [2.24, 2.45) is 0 Å². The second-order valence-electron chi connectivity index (χ2n) is 5.95. The third-order valence-corrected chi connectivity index (χ3v) is 4.35. The van der Waals surface area contributed by atoms with Crippen LogP contribution < -0.4 is 0 Å². The Morgan fingerprint density at radius 1 is 1.26 bits per heavy atom. The van der Waals surface area contributed by atoms with Gasteiger partial charge in [0.25, 0.3) is 0 Å². The molecule has 23 heavy (non-hydrogen) atoms. The molecule has 0 aliphatic carbocycles. The first-order valence-corrected chi connectivity index (χ1v) is 7.83. The molecule has 0 bridgehead atoms. The van der Waals surface area contributed by atoms with Crippen molar-refractivity contribution in [3.05, 3.63) is 48.1 Å². The lowest BCUT2D eigenvalue weighted by molar-refractivity contribution is 0.0589. The van der Waals surface area contributed by atoms with Gasteiger partial charge in [0.2, 0.25) is 0 Å². The van der Waals surface area contributed by atoms with E-state index in [1.54, 1.807) is 11.0 Å². The number of aliphatic hydroxyl groups excluding tert-OH is 1. The lowest BCUT2D eigenvalue weighted by atomic mass is 10.00. The van der Waals surface area contributed by atoms with E-state index in [1.165, 1.54) is 12.4 Å². The van der Waals surface area contributed by atoms with E-state index in [9.17, 15) is 13.9 Å². The summed E-state index contributed by atoms with van der Waals surface area (Å²) in [6, 6.07) is 3.80. The van der Waals surface area contributed by atoms with E-state index in [0.717, 1.165) is 37.9 Å². The number of benzene rings is 1. The fraction of sp³-hybridized carbons (Fsp3) is 0.500. The quantitative estimate of drug-likeness (QED) is 0.916. The fourth-order valence-electron chi connectivity index (χ4n) is 3.10. The summed E-state index contributed by atoms with van der Waals surface area (Å²) < 4.78 is 28.1. The monoisotopic (exact) mass is 322 g/mol. The smallest absolute Gasteiger partial charge is 0.159 e. The van der Waals surface area contributed by atoms with E-state index in [2.05, 4.69) is 15.0 Å². The Labute approximate surface area is 133 Å². The van der Waals surface area contributed by atoms with Gasteiger partial charge in [-0.3, -0.25) is 9.58 Å². The van der Waals surface area contributed by atoms with Crippen LogP contribution in [0.4, 0.5) is 8.78 Å². The van der Waals surface area contributed by atoms with Crippen LogP contribution in [-0.2, 0) is 6.54 Å². The standard InChI is InChI=1S/C16H20F2N4O/c17-14-5-4-12(7-15(14)18)16(23)9-21-6-2-1-3-13(21)8-22-11-19-10-20-22/h4-5,7,10-11,13,16,23H,1-3,6,8-9H2/t13-,16-/m1/s1. The van der Waals surface area contributed by atoms with Gasteiger partial charge in [-0.1, -0.05) is 12.5 Å². The largest absolute Gasteiger partial charge is 0.387 e. The van der Waals surface area contributed by atoms with Crippen molar-refractivity contribution in [3.8, 4) is 0 Å².